The summed E-state index contributed by atoms with van der Waals surface area (Å²) in [5.41, 5.74) is 2.65. The van der Waals surface area contributed by atoms with Gasteiger partial charge in [0.25, 0.3) is 0 Å². The molecule has 3 rings (SSSR count). The van der Waals surface area contributed by atoms with E-state index in [1.807, 2.05) is 105 Å². The largest absolute Gasteiger partial charge is 0.349 e. The molecule has 2 atom stereocenters. The Morgan fingerprint density at radius 3 is 1.21 bits per heavy atom. The van der Waals surface area contributed by atoms with Gasteiger partial charge in [0.2, 0.25) is 11.8 Å². The predicted octanol–water partition coefficient (Wildman–Crippen LogP) is 4.53. The van der Waals surface area contributed by atoms with E-state index >= 15 is 0 Å². The number of hydrogen-bond acceptors (Lipinski definition) is 2. The van der Waals surface area contributed by atoms with Gasteiger partial charge in [-0.3, -0.25) is 9.59 Å². The van der Waals surface area contributed by atoms with Crippen LogP contribution in [0.15, 0.2) is 91.0 Å². The summed E-state index contributed by atoms with van der Waals surface area (Å²) in [5, 5.41) is 5.98. The number of hydrogen-bond donors (Lipinski definition) is 2. The molecule has 0 aliphatic rings. The summed E-state index contributed by atoms with van der Waals surface area (Å²) in [6.45, 7) is 3.83. The van der Waals surface area contributed by atoms with Gasteiger partial charge in [-0.25, -0.2) is 0 Å². The first kappa shape index (κ1) is 20.3. The third kappa shape index (κ3) is 5.32. The minimum atomic E-state index is -0.923. The van der Waals surface area contributed by atoms with Crippen LogP contribution in [0.2, 0.25) is 0 Å². The second-order valence-electron chi connectivity index (χ2n) is 7.13. The van der Waals surface area contributed by atoms with Gasteiger partial charge in [-0.15, -0.1) is 0 Å². The summed E-state index contributed by atoms with van der Waals surface area (Å²) >= 11 is 0. The summed E-state index contributed by atoms with van der Waals surface area (Å²) in [4.78, 5) is 26.2. The number of nitrogens with one attached hydrogen (secondary N) is 2. The van der Waals surface area contributed by atoms with Crippen LogP contribution < -0.4 is 10.6 Å². The van der Waals surface area contributed by atoms with Gasteiger partial charge in [0.05, 0.1) is 12.1 Å². The van der Waals surface area contributed by atoms with Crippen LogP contribution in [0.3, 0.4) is 0 Å². The Morgan fingerprint density at radius 1 is 0.552 bits per heavy atom. The van der Waals surface area contributed by atoms with E-state index in [4.69, 9.17) is 0 Å². The molecule has 3 aromatic rings. The van der Waals surface area contributed by atoms with Crippen LogP contribution in [0.25, 0.3) is 0 Å². The Bertz CT molecular complexity index is 867. The molecule has 0 spiro atoms. The van der Waals surface area contributed by atoms with Gasteiger partial charge >= 0.3 is 0 Å². The fourth-order valence-corrected chi connectivity index (χ4v) is 3.31. The van der Waals surface area contributed by atoms with Gasteiger partial charge < -0.3 is 10.6 Å². The lowest BCUT2D eigenvalue weighted by Crippen LogP contribution is -2.41. The topological polar surface area (TPSA) is 58.2 Å². The first-order valence-corrected chi connectivity index (χ1v) is 9.82. The molecule has 0 heterocycles. The molecule has 0 saturated carbocycles. The Labute approximate surface area is 172 Å². The summed E-state index contributed by atoms with van der Waals surface area (Å²) in [6.07, 6.45) is 0. The standard InChI is InChI=1S/C25H26N2O2/c1-18(20-12-6-3-7-13-20)26-24(28)23(22-16-10-5-11-17-22)25(29)27-19(2)21-14-8-4-9-15-21/h3-19,23H,1-2H3,(H,26,28)(H,27,29). The van der Waals surface area contributed by atoms with Gasteiger partial charge in [-0.2, -0.15) is 0 Å². The zero-order chi connectivity index (χ0) is 20.6. The van der Waals surface area contributed by atoms with Crippen molar-refractivity contribution in [2.75, 3.05) is 0 Å². The SMILES string of the molecule is CC(NC(=O)C(C(=O)NC(C)c1ccccc1)c1ccccc1)c1ccccc1. The van der Waals surface area contributed by atoms with Crippen molar-refractivity contribution in [1.29, 1.82) is 0 Å². The first-order chi connectivity index (χ1) is 14.1. The molecule has 2 unspecified atom stereocenters. The molecule has 2 N–H and O–H groups in total. The van der Waals surface area contributed by atoms with Crippen molar-refractivity contribution in [3.63, 3.8) is 0 Å². The van der Waals surface area contributed by atoms with Gasteiger partial charge in [0.1, 0.15) is 5.92 Å². The normalized spacial score (nSPS) is 13.7. The monoisotopic (exact) mass is 386 g/mol. The molecule has 0 aliphatic heterocycles. The zero-order valence-corrected chi connectivity index (χ0v) is 16.7. The number of amides is 2. The van der Waals surface area contributed by atoms with Crippen molar-refractivity contribution in [3.8, 4) is 0 Å². The molecule has 0 bridgehead atoms. The zero-order valence-electron chi connectivity index (χ0n) is 16.7. The van der Waals surface area contributed by atoms with Crippen molar-refractivity contribution >= 4 is 11.8 Å². The van der Waals surface area contributed by atoms with Crippen molar-refractivity contribution in [3.05, 3.63) is 108 Å². The van der Waals surface area contributed by atoms with Gasteiger partial charge in [0.15, 0.2) is 0 Å². The van der Waals surface area contributed by atoms with Crippen LogP contribution in [0, 0.1) is 0 Å². The van der Waals surface area contributed by atoms with Crippen molar-refractivity contribution in [1.82, 2.24) is 10.6 Å². The number of carbonyl (C=O) groups is 2. The fraction of sp³-hybridized carbons (Fsp3) is 0.200. The summed E-state index contributed by atoms with van der Waals surface area (Å²) < 4.78 is 0. The Morgan fingerprint density at radius 2 is 0.862 bits per heavy atom. The number of benzene rings is 3. The van der Waals surface area contributed by atoms with Crippen LogP contribution >= 0.6 is 0 Å². The van der Waals surface area contributed by atoms with E-state index in [9.17, 15) is 9.59 Å². The molecule has 0 aliphatic carbocycles. The molecular weight excluding hydrogens is 360 g/mol. The summed E-state index contributed by atoms with van der Waals surface area (Å²) in [5.74, 6) is -1.55. The second kappa shape index (κ2) is 9.69. The molecule has 0 aromatic heterocycles. The molecule has 148 valence electrons. The molecule has 4 heteroatoms. The third-order valence-electron chi connectivity index (χ3n) is 4.97. The van der Waals surface area contributed by atoms with Crippen LogP contribution in [-0.4, -0.2) is 11.8 Å². The lowest BCUT2D eigenvalue weighted by molar-refractivity contribution is -0.132. The maximum absolute atomic E-state index is 13.1. The van der Waals surface area contributed by atoms with Crippen LogP contribution in [-0.2, 0) is 9.59 Å². The average Bonchev–Trinajstić information content (AvgIpc) is 2.75. The Hall–Kier alpha value is -3.40. The highest BCUT2D eigenvalue weighted by atomic mass is 16.2. The highest BCUT2D eigenvalue weighted by Crippen LogP contribution is 2.21. The molecule has 0 radical (unpaired) electrons. The smallest absolute Gasteiger partial charge is 0.237 e. The lowest BCUT2D eigenvalue weighted by atomic mass is 9.95. The maximum Gasteiger partial charge on any atom is 0.237 e. The third-order valence-corrected chi connectivity index (χ3v) is 4.97. The van der Waals surface area contributed by atoms with Crippen molar-refractivity contribution in [2.45, 2.75) is 31.8 Å². The molecule has 0 fully saturated rings. The van der Waals surface area contributed by atoms with E-state index in [2.05, 4.69) is 10.6 Å². The molecule has 29 heavy (non-hydrogen) atoms. The van der Waals surface area contributed by atoms with Crippen LogP contribution in [0.1, 0.15) is 48.5 Å². The lowest BCUT2D eigenvalue weighted by Gasteiger charge is -2.23. The fourth-order valence-electron chi connectivity index (χ4n) is 3.31. The quantitative estimate of drug-likeness (QED) is 0.586. The van der Waals surface area contributed by atoms with E-state index in [-0.39, 0.29) is 23.9 Å². The number of rotatable bonds is 7. The molecule has 3 aromatic carbocycles. The van der Waals surface area contributed by atoms with E-state index in [1.54, 1.807) is 0 Å². The van der Waals surface area contributed by atoms with Crippen LogP contribution in [0.5, 0.6) is 0 Å². The van der Waals surface area contributed by atoms with Gasteiger partial charge in [-0.1, -0.05) is 91.0 Å². The van der Waals surface area contributed by atoms with Crippen LogP contribution in [0.4, 0.5) is 0 Å². The summed E-state index contributed by atoms with van der Waals surface area (Å²) in [6, 6.07) is 28.2. The van der Waals surface area contributed by atoms with E-state index in [0.717, 1.165) is 11.1 Å². The number of carbonyl (C=O) groups excluding carboxylic acids is 2. The van der Waals surface area contributed by atoms with E-state index in [0.29, 0.717) is 5.56 Å². The van der Waals surface area contributed by atoms with Gasteiger partial charge in [-0.05, 0) is 30.5 Å². The molecule has 0 saturated heterocycles. The minimum Gasteiger partial charge on any atom is -0.349 e. The van der Waals surface area contributed by atoms with Crippen molar-refractivity contribution < 1.29 is 9.59 Å². The molecular formula is C25H26N2O2. The molecule has 2 amide bonds. The van der Waals surface area contributed by atoms with E-state index in [1.165, 1.54) is 0 Å². The van der Waals surface area contributed by atoms with E-state index < -0.39 is 5.92 Å². The Kier molecular flexibility index (Phi) is 6.80. The first-order valence-electron chi connectivity index (χ1n) is 9.82. The second-order valence-corrected chi connectivity index (χ2v) is 7.13. The predicted molar refractivity (Wildman–Crippen MR) is 115 cm³/mol. The minimum absolute atomic E-state index is 0.200. The maximum atomic E-state index is 13.1. The highest BCUT2D eigenvalue weighted by Gasteiger charge is 2.30. The Balaban J connectivity index is 1.79. The van der Waals surface area contributed by atoms with Gasteiger partial charge in [0, 0.05) is 0 Å². The van der Waals surface area contributed by atoms with Crippen molar-refractivity contribution in [2.24, 2.45) is 0 Å². The summed E-state index contributed by atoms with van der Waals surface area (Å²) in [7, 11) is 0. The highest BCUT2D eigenvalue weighted by molar-refractivity contribution is 6.05. The average molecular weight is 386 g/mol. The molecule has 4 nitrogen and oxygen atoms in total.